The van der Waals surface area contributed by atoms with Crippen molar-refractivity contribution in [3.63, 3.8) is 0 Å². The van der Waals surface area contributed by atoms with E-state index in [2.05, 4.69) is 84.6 Å². The van der Waals surface area contributed by atoms with E-state index in [9.17, 15) is 5.11 Å². The van der Waals surface area contributed by atoms with Gasteiger partial charge in [-0.25, -0.2) is 0 Å². The van der Waals surface area contributed by atoms with Crippen LogP contribution in [0.5, 0.6) is 0 Å². The Morgan fingerprint density at radius 3 is 2.29 bits per heavy atom. The van der Waals surface area contributed by atoms with Crippen LogP contribution in [0, 0.1) is 0 Å². The largest absolute Gasteiger partial charge is 0.510 e. The minimum absolute atomic E-state index is 0.0966. The average Bonchev–Trinajstić information content (AvgIpc) is 2.51. The standard InChI is InChI=1S/C10H6Br5NO/c11-3-1-4(9(17)5(12)2-3)8-6(13)7(14)10(15)16-8/h2,4,16-17H,1H2. The van der Waals surface area contributed by atoms with Crippen LogP contribution in [0.15, 0.2) is 34.3 Å². The molecule has 0 fully saturated rings. The molecule has 1 aliphatic carbocycles. The van der Waals surface area contributed by atoms with E-state index in [1.807, 2.05) is 6.08 Å². The number of aromatic nitrogens is 1. The highest BCUT2D eigenvalue weighted by molar-refractivity contribution is 9.14. The Balaban J connectivity index is 2.49. The van der Waals surface area contributed by atoms with Crippen LogP contribution in [-0.4, -0.2) is 10.1 Å². The predicted octanol–water partition coefficient (Wildman–Crippen LogP) is 6.23. The number of hydrogen-bond acceptors (Lipinski definition) is 1. The minimum Gasteiger partial charge on any atom is -0.510 e. The van der Waals surface area contributed by atoms with E-state index in [4.69, 9.17) is 0 Å². The van der Waals surface area contributed by atoms with Gasteiger partial charge < -0.3 is 10.1 Å². The molecule has 1 heterocycles. The van der Waals surface area contributed by atoms with Crippen LogP contribution < -0.4 is 0 Å². The van der Waals surface area contributed by atoms with Crippen molar-refractivity contribution in [2.45, 2.75) is 12.3 Å². The molecule has 1 aromatic rings. The number of allylic oxidation sites excluding steroid dienone is 4. The van der Waals surface area contributed by atoms with Crippen LogP contribution in [-0.2, 0) is 0 Å². The fourth-order valence-corrected chi connectivity index (χ4v) is 4.63. The summed E-state index contributed by atoms with van der Waals surface area (Å²) < 4.78 is 4.44. The number of H-pyrrole nitrogens is 1. The number of aliphatic hydroxyl groups is 1. The maximum atomic E-state index is 10.1. The summed E-state index contributed by atoms with van der Waals surface area (Å²) in [6, 6.07) is 0. The fraction of sp³-hybridized carbons (Fsp3) is 0.200. The van der Waals surface area contributed by atoms with E-state index >= 15 is 0 Å². The lowest BCUT2D eigenvalue weighted by Crippen LogP contribution is -2.08. The molecule has 1 aromatic heterocycles. The van der Waals surface area contributed by atoms with Crippen molar-refractivity contribution >= 4 is 79.6 Å². The molecule has 0 aliphatic heterocycles. The van der Waals surface area contributed by atoms with Crippen molar-refractivity contribution < 1.29 is 5.11 Å². The lowest BCUT2D eigenvalue weighted by atomic mass is 9.95. The summed E-state index contributed by atoms with van der Waals surface area (Å²) in [6.45, 7) is 0. The summed E-state index contributed by atoms with van der Waals surface area (Å²) in [6.07, 6.45) is 2.59. The van der Waals surface area contributed by atoms with E-state index in [-0.39, 0.29) is 5.92 Å². The Morgan fingerprint density at radius 1 is 1.12 bits per heavy atom. The zero-order valence-electron chi connectivity index (χ0n) is 8.20. The number of aromatic amines is 1. The van der Waals surface area contributed by atoms with Gasteiger partial charge in [0.25, 0.3) is 0 Å². The highest BCUT2D eigenvalue weighted by atomic mass is 79.9. The summed E-state index contributed by atoms with van der Waals surface area (Å²) in [4.78, 5) is 3.21. The summed E-state index contributed by atoms with van der Waals surface area (Å²) in [5.41, 5.74) is 0.934. The van der Waals surface area contributed by atoms with Gasteiger partial charge in [0.1, 0.15) is 5.76 Å². The van der Waals surface area contributed by atoms with Gasteiger partial charge in [-0.1, -0.05) is 15.9 Å². The first kappa shape index (κ1) is 14.4. The second-order valence-corrected chi connectivity index (χ2v) is 7.81. The third-order valence-electron chi connectivity index (χ3n) is 2.47. The van der Waals surface area contributed by atoms with Crippen molar-refractivity contribution in [1.29, 1.82) is 0 Å². The van der Waals surface area contributed by atoms with Gasteiger partial charge in [0, 0.05) is 5.69 Å². The molecular formula is C10H6Br5NO. The highest BCUT2D eigenvalue weighted by Gasteiger charge is 2.28. The first-order valence-electron chi connectivity index (χ1n) is 4.59. The summed E-state index contributed by atoms with van der Waals surface area (Å²) >= 11 is 17.2. The molecule has 0 amide bonds. The van der Waals surface area contributed by atoms with Crippen LogP contribution in [0.25, 0.3) is 0 Å². The van der Waals surface area contributed by atoms with E-state index < -0.39 is 0 Å². The average molecular weight is 556 g/mol. The van der Waals surface area contributed by atoms with Crippen LogP contribution in [0.4, 0.5) is 0 Å². The molecule has 2 N–H and O–H groups in total. The molecule has 1 atom stereocenters. The van der Waals surface area contributed by atoms with E-state index in [0.29, 0.717) is 10.2 Å². The molecule has 0 aromatic carbocycles. The Hall–Kier alpha value is 0.960. The number of nitrogens with one attached hydrogen (secondary N) is 1. The van der Waals surface area contributed by atoms with Crippen molar-refractivity contribution in [1.82, 2.24) is 4.98 Å². The van der Waals surface area contributed by atoms with Crippen LogP contribution in [0.2, 0.25) is 0 Å². The molecular weight excluding hydrogens is 550 g/mol. The van der Waals surface area contributed by atoms with E-state index in [1.165, 1.54) is 0 Å². The van der Waals surface area contributed by atoms with Crippen molar-refractivity contribution in [3.8, 4) is 0 Å². The Morgan fingerprint density at radius 2 is 1.76 bits per heavy atom. The smallest absolute Gasteiger partial charge is 0.116 e. The van der Waals surface area contributed by atoms with E-state index in [0.717, 1.165) is 30.1 Å². The molecule has 0 saturated carbocycles. The molecule has 17 heavy (non-hydrogen) atoms. The Kier molecular flexibility index (Phi) is 4.67. The van der Waals surface area contributed by atoms with Crippen molar-refractivity contribution in [2.75, 3.05) is 0 Å². The Labute approximate surface area is 141 Å². The molecule has 1 unspecified atom stereocenters. The number of hydrogen-bond donors (Lipinski definition) is 2. The lowest BCUT2D eigenvalue weighted by Gasteiger charge is -2.20. The van der Waals surface area contributed by atoms with Gasteiger partial charge in [-0.3, -0.25) is 0 Å². The second kappa shape index (κ2) is 5.53. The quantitative estimate of drug-likeness (QED) is 0.423. The second-order valence-electron chi connectivity index (χ2n) is 3.56. The SMILES string of the molecule is OC1=C(Br)C=C(Br)CC1c1[nH]c(Br)c(Br)c1Br. The zero-order chi connectivity index (χ0) is 12.7. The fourth-order valence-electron chi connectivity index (χ4n) is 1.65. The van der Waals surface area contributed by atoms with Crippen LogP contribution >= 0.6 is 79.6 Å². The zero-order valence-corrected chi connectivity index (χ0v) is 16.1. The first-order valence-corrected chi connectivity index (χ1v) is 8.55. The van der Waals surface area contributed by atoms with Gasteiger partial charge in [0.2, 0.25) is 0 Å². The molecule has 2 rings (SSSR count). The molecule has 2 nitrogen and oxygen atoms in total. The summed E-state index contributed by atoms with van der Waals surface area (Å²) in [5, 5.41) is 10.1. The molecule has 0 spiro atoms. The van der Waals surface area contributed by atoms with Gasteiger partial charge in [-0.15, -0.1) is 0 Å². The van der Waals surface area contributed by atoms with E-state index in [1.54, 1.807) is 0 Å². The topological polar surface area (TPSA) is 36.0 Å². The van der Waals surface area contributed by atoms with Gasteiger partial charge in [-0.05, 0) is 80.7 Å². The van der Waals surface area contributed by atoms with Crippen molar-refractivity contribution in [3.05, 3.63) is 40.0 Å². The number of aliphatic hydroxyl groups excluding tert-OH is 1. The van der Waals surface area contributed by atoms with Gasteiger partial charge in [-0.2, -0.15) is 0 Å². The van der Waals surface area contributed by atoms with Gasteiger partial charge >= 0.3 is 0 Å². The molecule has 1 aliphatic rings. The third kappa shape index (κ3) is 2.78. The van der Waals surface area contributed by atoms with Gasteiger partial charge in [0.05, 0.1) is 23.9 Å². The number of rotatable bonds is 1. The first-order chi connectivity index (χ1) is 7.91. The van der Waals surface area contributed by atoms with Gasteiger partial charge in [0.15, 0.2) is 0 Å². The third-order valence-corrected chi connectivity index (χ3v) is 6.94. The lowest BCUT2D eigenvalue weighted by molar-refractivity contribution is 0.361. The molecule has 0 saturated heterocycles. The van der Waals surface area contributed by atoms with Crippen molar-refractivity contribution in [2.24, 2.45) is 0 Å². The predicted molar refractivity (Wildman–Crippen MR) is 86.8 cm³/mol. The highest BCUT2D eigenvalue weighted by Crippen LogP contribution is 2.45. The maximum absolute atomic E-state index is 10.1. The Bertz CT molecular complexity index is 531. The molecule has 92 valence electrons. The molecule has 0 radical (unpaired) electrons. The maximum Gasteiger partial charge on any atom is 0.116 e. The monoisotopic (exact) mass is 551 g/mol. The normalized spacial score (nSPS) is 20.8. The summed E-state index contributed by atoms with van der Waals surface area (Å²) in [7, 11) is 0. The summed E-state index contributed by atoms with van der Waals surface area (Å²) in [5.74, 6) is 0.232. The minimum atomic E-state index is -0.0966. The van der Waals surface area contributed by atoms with Crippen LogP contribution in [0.1, 0.15) is 18.0 Å². The molecule has 7 heteroatoms. The van der Waals surface area contributed by atoms with Crippen LogP contribution in [0.3, 0.4) is 0 Å². The molecule has 0 bridgehead atoms. The number of halogens is 5.